The number of aliphatic hydroxyl groups excluding tert-OH is 1. The van der Waals surface area contributed by atoms with Gasteiger partial charge in [-0.25, -0.2) is 8.78 Å². The van der Waals surface area contributed by atoms with Crippen LogP contribution in [0, 0.1) is 0 Å². The second-order valence-electron chi connectivity index (χ2n) is 2.97. The van der Waals surface area contributed by atoms with Crippen LogP contribution in [-0.4, -0.2) is 11.5 Å². The Labute approximate surface area is 76.0 Å². The van der Waals surface area contributed by atoms with E-state index in [0.717, 1.165) is 0 Å². The Morgan fingerprint density at radius 3 is 2.46 bits per heavy atom. The van der Waals surface area contributed by atoms with Crippen molar-refractivity contribution in [3.05, 3.63) is 35.4 Å². The van der Waals surface area contributed by atoms with E-state index in [-0.39, 0.29) is 6.42 Å². The Morgan fingerprint density at radius 1 is 1.31 bits per heavy atom. The zero-order valence-electron chi connectivity index (χ0n) is 7.37. The highest BCUT2D eigenvalue weighted by Crippen LogP contribution is 2.19. The summed E-state index contributed by atoms with van der Waals surface area (Å²) in [5.41, 5.74) is 1.11. The molecule has 0 spiro atoms. The van der Waals surface area contributed by atoms with Gasteiger partial charge in [0.05, 0.1) is 6.10 Å². The van der Waals surface area contributed by atoms with E-state index in [1.807, 2.05) is 0 Å². The highest BCUT2D eigenvalue weighted by atomic mass is 19.3. The van der Waals surface area contributed by atoms with Crippen molar-refractivity contribution in [1.82, 2.24) is 0 Å². The largest absolute Gasteiger partial charge is 0.389 e. The summed E-state index contributed by atoms with van der Waals surface area (Å²) in [4.78, 5) is 0. The van der Waals surface area contributed by atoms with Gasteiger partial charge in [-0.2, -0.15) is 0 Å². The Hall–Kier alpha value is -0.960. The van der Waals surface area contributed by atoms with Crippen molar-refractivity contribution < 1.29 is 13.9 Å². The van der Waals surface area contributed by atoms with E-state index in [2.05, 4.69) is 0 Å². The summed E-state index contributed by atoms with van der Waals surface area (Å²) in [6.07, 6.45) is -3.34. The number of hydrogen-bond donors (Lipinski definition) is 1. The first kappa shape index (κ1) is 10.1. The molecule has 1 N–H and O–H groups in total. The summed E-state index contributed by atoms with van der Waals surface area (Å²) in [6, 6.07) is 6.72. The molecule has 3 heteroatoms. The quantitative estimate of drug-likeness (QED) is 0.769. The Bertz CT molecular complexity index is 271. The number of hydrogen-bond acceptors (Lipinski definition) is 1. The van der Waals surface area contributed by atoms with Gasteiger partial charge in [-0.1, -0.05) is 24.3 Å². The lowest BCUT2D eigenvalue weighted by Crippen LogP contribution is -2.03. The van der Waals surface area contributed by atoms with Crippen molar-refractivity contribution in [3.8, 4) is 0 Å². The molecule has 1 atom stereocenters. The third-order valence-electron chi connectivity index (χ3n) is 1.88. The highest BCUT2D eigenvalue weighted by Gasteiger charge is 2.11. The zero-order chi connectivity index (χ0) is 9.84. The number of benzene rings is 1. The molecule has 0 aliphatic heterocycles. The van der Waals surface area contributed by atoms with Crippen molar-refractivity contribution in [1.29, 1.82) is 0 Å². The molecule has 1 unspecified atom stereocenters. The summed E-state index contributed by atoms with van der Waals surface area (Å²) in [5.74, 6) is 0. The third kappa shape index (κ3) is 2.77. The molecule has 0 bridgehead atoms. The van der Waals surface area contributed by atoms with Crippen LogP contribution >= 0.6 is 0 Å². The molecule has 1 rings (SSSR count). The molecule has 0 heterocycles. The summed E-state index contributed by atoms with van der Waals surface area (Å²) < 4.78 is 24.2. The summed E-state index contributed by atoms with van der Waals surface area (Å²) in [7, 11) is 0. The first-order valence-corrected chi connectivity index (χ1v) is 4.15. The van der Waals surface area contributed by atoms with Gasteiger partial charge in [-0.3, -0.25) is 0 Å². The predicted molar refractivity (Wildman–Crippen MR) is 46.8 cm³/mol. The Balaban J connectivity index is 2.91. The summed E-state index contributed by atoms with van der Waals surface area (Å²) in [5, 5.41) is 9.27. The fraction of sp³-hybridized carbons (Fsp3) is 0.400. The van der Waals surface area contributed by atoms with Crippen molar-refractivity contribution in [3.63, 3.8) is 0 Å². The van der Waals surface area contributed by atoms with Crippen molar-refractivity contribution in [2.24, 2.45) is 0 Å². The fourth-order valence-electron chi connectivity index (χ4n) is 1.29. The topological polar surface area (TPSA) is 20.2 Å². The van der Waals surface area contributed by atoms with Crippen LogP contribution in [0.2, 0.25) is 0 Å². The third-order valence-corrected chi connectivity index (χ3v) is 1.88. The van der Waals surface area contributed by atoms with E-state index < -0.39 is 12.5 Å². The molecule has 1 aromatic carbocycles. The predicted octanol–water partition coefficient (Wildman–Crippen LogP) is 2.55. The van der Waals surface area contributed by atoms with Gasteiger partial charge < -0.3 is 5.11 Å². The van der Waals surface area contributed by atoms with Crippen LogP contribution in [0.1, 0.15) is 24.2 Å². The van der Waals surface area contributed by atoms with E-state index in [0.29, 0.717) is 11.1 Å². The van der Waals surface area contributed by atoms with Crippen LogP contribution in [0.5, 0.6) is 0 Å². The fourth-order valence-corrected chi connectivity index (χ4v) is 1.29. The van der Waals surface area contributed by atoms with Gasteiger partial charge in [0.25, 0.3) is 0 Å². The lowest BCUT2D eigenvalue weighted by molar-refractivity contribution is 0.146. The van der Waals surface area contributed by atoms with E-state index in [1.54, 1.807) is 31.2 Å². The summed E-state index contributed by atoms with van der Waals surface area (Å²) in [6.45, 7) is 1.57. The van der Waals surface area contributed by atoms with Gasteiger partial charge in [0.15, 0.2) is 0 Å². The van der Waals surface area contributed by atoms with Crippen LogP contribution in [0.4, 0.5) is 8.78 Å². The van der Waals surface area contributed by atoms with E-state index in [4.69, 9.17) is 0 Å². The van der Waals surface area contributed by atoms with Crippen LogP contribution < -0.4 is 0 Å². The number of halogens is 2. The highest BCUT2D eigenvalue weighted by molar-refractivity contribution is 5.29. The minimum atomic E-state index is -2.36. The minimum absolute atomic E-state index is 0.291. The molecular weight excluding hydrogens is 174 g/mol. The molecule has 13 heavy (non-hydrogen) atoms. The van der Waals surface area contributed by atoms with Crippen molar-refractivity contribution in [2.45, 2.75) is 25.9 Å². The minimum Gasteiger partial charge on any atom is -0.389 e. The molecule has 1 aromatic rings. The molecule has 0 aromatic heterocycles. The first-order chi connectivity index (χ1) is 6.11. The van der Waals surface area contributed by atoms with E-state index >= 15 is 0 Å². The van der Waals surface area contributed by atoms with Gasteiger partial charge in [0.2, 0.25) is 6.43 Å². The molecule has 0 aliphatic rings. The summed E-state index contributed by atoms with van der Waals surface area (Å²) >= 11 is 0. The second-order valence-corrected chi connectivity index (χ2v) is 2.97. The maximum atomic E-state index is 12.1. The van der Waals surface area contributed by atoms with Gasteiger partial charge >= 0.3 is 0 Å². The van der Waals surface area contributed by atoms with Gasteiger partial charge in [-0.05, 0) is 18.1 Å². The van der Waals surface area contributed by atoms with E-state index in [9.17, 15) is 13.9 Å². The number of alkyl halides is 2. The van der Waals surface area contributed by atoms with Crippen molar-refractivity contribution in [2.75, 3.05) is 0 Å². The SMILES string of the molecule is CC(O)c1ccccc1CC(F)F. The van der Waals surface area contributed by atoms with Crippen LogP contribution in [0.15, 0.2) is 24.3 Å². The molecule has 0 radical (unpaired) electrons. The Kier molecular flexibility index (Phi) is 3.37. The molecule has 0 aliphatic carbocycles. The molecule has 1 nitrogen and oxygen atoms in total. The zero-order valence-corrected chi connectivity index (χ0v) is 7.37. The standard InChI is InChI=1S/C10H12F2O/c1-7(13)9-5-3-2-4-8(9)6-10(11)12/h2-5,7,10,13H,6H2,1H3. The maximum Gasteiger partial charge on any atom is 0.242 e. The smallest absolute Gasteiger partial charge is 0.242 e. The average Bonchev–Trinajstić information content (AvgIpc) is 2.03. The average molecular weight is 186 g/mol. The first-order valence-electron chi connectivity index (χ1n) is 4.15. The molecule has 72 valence electrons. The van der Waals surface area contributed by atoms with Gasteiger partial charge in [0, 0.05) is 6.42 Å². The molecular formula is C10H12F2O. The van der Waals surface area contributed by atoms with Gasteiger partial charge in [-0.15, -0.1) is 0 Å². The number of aliphatic hydroxyl groups is 1. The molecule has 0 fully saturated rings. The normalized spacial score (nSPS) is 13.3. The number of rotatable bonds is 3. The van der Waals surface area contributed by atoms with Crippen LogP contribution in [0.3, 0.4) is 0 Å². The van der Waals surface area contributed by atoms with E-state index in [1.165, 1.54) is 0 Å². The monoisotopic (exact) mass is 186 g/mol. The van der Waals surface area contributed by atoms with Crippen LogP contribution in [-0.2, 0) is 6.42 Å². The lowest BCUT2D eigenvalue weighted by atomic mass is 10.0. The Morgan fingerprint density at radius 2 is 1.92 bits per heavy atom. The van der Waals surface area contributed by atoms with Crippen LogP contribution in [0.25, 0.3) is 0 Å². The van der Waals surface area contributed by atoms with Crippen molar-refractivity contribution >= 4 is 0 Å². The van der Waals surface area contributed by atoms with Gasteiger partial charge in [0.1, 0.15) is 0 Å². The second kappa shape index (κ2) is 4.33. The maximum absolute atomic E-state index is 12.1. The molecule has 0 saturated carbocycles. The molecule has 0 saturated heterocycles. The lowest BCUT2D eigenvalue weighted by Gasteiger charge is -2.10. The molecule has 0 amide bonds.